The van der Waals surface area contributed by atoms with Crippen molar-refractivity contribution in [1.29, 1.82) is 0 Å². The molecule has 0 bridgehead atoms. The van der Waals surface area contributed by atoms with E-state index in [1.807, 2.05) is 30.5 Å². The molecule has 0 aliphatic rings. The van der Waals surface area contributed by atoms with Crippen molar-refractivity contribution in [1.82, 2.24) is 19.9 Å². The van der Waals surface area contributed by atoms with E-state index in [-0.39, 0.29) is 4.34 Å². The van der Waals surface area contributed by atoms with Crippen molar-refractivity contribution in [2.75, 3.05) is 6.54 Å². The van der Waals surface area contributed by atoms with Gasteiger partial charge in [0.2, 0.25) is 4.34 Å². The van der Waals surface area contributed by atoms with Crippen molar-refractivity contribution in [3.8, 4) is 0 Å². The fourth-order valence-electron chi connectivity index (χ4n) is 2.11. The van der Waals surface area contributed by atoms with Gasteiger partial charge in [0.25, 0.3) is 10.0 Å². The van der Waals surface area contributed by atoms with E-state index in [9.17, 15) is 8.42 Å². The average molecular weight is 322 g/mol. The van der Waals surface area contributed by atoms with Gasteiger partial charge >= 0.3 is 0 Å². The summed E-state index contributed by atoms with van der Waals surface area (Å²) in [5.41, 5.74) is 2.14. The van der Waals surface area contributed by atoms with Gasteiger partial charge in [-0.05, 0) is 25.0 Å². The average Bonchev–Trinajstić information content (AvgIpc) is 3.06. The minimum atomic E-state index is -3.56. The first kappa shape index (κ1) is 14.2. The highest BCUT2D eigenvalue weighted by Gasteiger charge is 2.18. The zero-order chi connectivity index (χ0) is 14.9. The number of fused-ring (bicyclic) bond motifs is 1. The maximum absolute atomic E-state index is 12.0. The number of aromatic nitrogens is 3. The summed E-state index contributed by atoms with van der Waals surface area (Å²) in [7, 11) is -3.56. The van der Waals surface area contributed by atoms with Crippen LogP contribution >= 0.6 is 11.3 Å². The molecule has 8 heteroatoms. The molecule has 0 radical (unpaired) electrons. The molecule has 0 aliphatic carbocycles. The number of aryl methyl sites for hydroxylation is 1. The number of aromatic amines is 1. The van der Waals surface area contributed by atoms with Crippen LogP contribution in [0.1, 0.15) is 10.6 Å². The quantitative estimate of drug-likeness (QED) is 0.750. The van der Waals surface area contributed by atoms with Crippen molar-refractivity contribution >= 4 is 32.3 Å². The lowest BCUT2D eigenvalue weighted by Crippen LogP contribution is -2.25. The number of hydrogen-bond acceptors (Lipinski definition) is 5. The molecule has 0 saturated carbocycles. The van der Waals surface area contributed by atoms with E-state index in [1.54, 1.807) is 6.92 Å². The summed E-state index contributed by atoms with van der Waals surface area (Å²) in [4.78, 5) is 3.17. The van der Waals surface area contributed by atoms with Crippen LogP contribution in [0.2, 0.25) is 0 Å². The Labute approximate surface area is 126 Å². The first-order chi connectivity index (χ1) is 10.1. The fraction of sp³-hybridized carbons (Fsp3) is 0.231. The monoisotopic (exact) mass is 322 g/mol. The molecule has 2 N–H and O–H groups in total. The van der Waals surface area contributed by atoms with E-state index in [2.05, 4.69) is 19.9 Å². The number of H-pyrrole nitrogens is 1. The number of nitrogens with one attached hydrogen (secondary N) is 2. The van der Waals surface area contributed by atoms with Crippen LogP contribution in [0.5, 0.6) is 0 Å². The molecule has 0 fully saturated rings. The second kappa shape index (κ2) is 5.55. The van der Waals surface area contributed by atoms with Crippen molar-refractivity contribution in [2.24, 2.45) is 0 Å². The third-order valence-electron chi connectivity index (χ3n) is 3.10. The first-order valence-electron chi connectivity index (χ1n) is 6.41. The Bertz CT molecular complexity index is 867. The molecule has 0 aliphatic heterocycles. The van der Waals surface area contributed by atoms with Crippen LogP contribution in [-0.2, 0) is 16.4 Å². The number of hydrogen-bond donors (Lipinski definition) is 2. The van der Waals surface area contributed by atoms with Crippen LogP contribution in [0, 0.1) is 6.92 Å². The standard InChI is InChI=1S/C13H14N4O2S2/c1-9-16-17-13(20-9)21(18,19)15-7-6-10-8-14-12-5-3-2-4-11(10)12/h2-5,8,14-15H,6-7H2,1H3. The SMILES string of the molecule is Cc1nnc(S(=O)(=O)NCCc2c[nH]c3ccccc23)s1. The Morgan fingerprint density at radius 2 is 2.10 bits per heavy atom. The highest BCUT2D eigenvalue weighted by Crippen LogP contribution is 2.18. The van der Waals surface area contributed by atoms with Gasteiger partial charge in [-0.2, -0.15) is 0 Å². The molecule has 0 unspecified atom stereocenters. The Morgan fingerprint density at radius 3 is 2.86 bits per heavy atom. The largest absolute Gasteiger partial charge is 0.361 e. The molecule has 2 aromatic heterocycles. The highest BCUT2D eigenvalue weighted by atomic mass is 32.2. The molecule has 1 aromatic carbocycles. The smallest absolute Gasteiger partial charge is 0.269 e. The van der Waals surface area contributed by atoms with Gasteiger partial charge in [-0.25, -0.2) is 13.1 Å². The summed E-state index contributed by atoms with van der Waals surface area (Å²) in [6.45, 7) is 2.05. The van der Waals surface area contributed by atoms with Crippen LogP contribution in [0.25, 0.3) is 10.9 Å². The van der Waals surface area contributed by atoms with Crippen molar-refractivity contribution in [2.45, 2.75) is 17.7 Å². The lowest BCUT2D eigenvalue weighted by Gasteiger charge is -2.03. The number of benzene rings is 1. The number of rotatable bonds is 5. The van der Waals surface area contributed by atoms with Crippen molar-refractivity contribution in [3.05, 3.63) is 41.0 Å². The molecule has 110 valence electrons. The normalized spacial score (nSPS) is 12.0. The molecule has 0 atom stereocenters. The minimum Gasteiger partial charge on any atom is -0.361 e. The zero-order valence-electron chi connectivity index (χ0n) is 11.3. The summed E-state index contributed by atoms with van der Waals surface area (Å²) in [6, 6.07) is 7.94. The van der Waals surface area contributed by atoms with Crippen molar-refractivity contribution < 1.29 is 8.42 Å². The van der Waals surface area contributed by atoms with Gasteiger partial charge in [-0.15, -0.1) is 10.2 Å². The molecule has 0 spiro atoms. The molecule has 0 saturated heterocycles. The van der Waals surface area contributed by atoms with E-state index in [0.29, 0.717) is 18.0 Å². The Balaban J connectivity index is 1.69. The Kier molecular flexibility index (Phi) is 3.75. The maximum Gasteiger partial charge on any atom is 0.269 e. The van der Waals surface area contributed by atoms with E-state index >= 15 is 0 Å². The summed E-state index contributed by atoms with van der Waals surface area (Å²) < 4.78 is 26.6. The van der Waals surface area contributed by atoms with E-state index in [4.69, 9.17) is 0 Å². The van der Waals surface area contributed by atoms with Crippen LogP contribution < -0.4 is 4.72 Å². The topological polar surface area (TPSA) is 87.7 Å². The van der Waals surface area contributed by atoms with Gasteiger partial charge in [-0.1, -0.05) is 29.5 Å². The lowest BCUT2D eigenvalue weighted by molar-refractivity contribution is 0.579. The molecular formula is C13H14N4O2S2. The summed E-state index contributed by atoms with van der Waals surface area (Å²) in [5, 5.41) is 9.14. The van der Waals surface area contributed by atoms with Gasteiger partial charge in [0.1, 0.15) is 5.01 Å². The molecular weight excluding hydrogens is 308 g/mol. The molecule has 3 rings (SSSR count). The third kappa shape index (κ3) is 2.97. The summed E-state index contributed by atoms with van der Waals surface area (Å²) in [6.07, 6.45) is 2.52. The van der Waals surface area contributed by atoms with Gasteiger partial charge < -0.3 is 4.98 Å². The molecule has 2 heterocycles. The molecule has 21 heavy (non-hydrogen) atoms. The van der Waals surface area contributed by atoms with E-state index in [0.717, 1.165) is 27.8 Å². The molecule has 6 nitrogen and oxygen atoms in total. The van der Waals surface area contributed by atoms with Crippen molar-refractivity contribution in [3.63, 3.8) is 0 Å². The first-order valence-corrected chi connectivity index (χ1v) is 8.71. The number of para-hydroxylation sites is 1. The summed E-state index contributed by atoms with van der Waals surface area (Å²) in [5.74, 6) is 0. The van der Waals surface area contributed by atoms with Gasteiger partial charge in [0.15, 0.2) is 0 Å². The summed E-state index contributed by atoms with van der Waals surface area (Å²) >= 11 is 1.07. The van der Waals surface area contributed by atoms with Gasteiger partial charge in [0.05, 0.1) is 0 Å². The molecule has 0 amide bonds. The molecule has 3 aromatic rings. The van der Waals surface area contributed by atoms with Crippen LogP contribution in [0.3, 0.4) is 0 Å². The van der Waals surface area contributed by atoms with Crippen LogP contribution in [0.4, 0.5) is 0 Å². The second-order valence-electron chi connectivity index (χ2n) is 4.59. The second-order valence-corrected chi connectivity index (χ2v) is 7.72. The van der Waals surface area contributed by atoms with E-state index in [1.165, 1.54) is 0 Å². The minimum absolute atomic E-state index is 0.0129. The highest BCUT2D eigenvalue weighted by molar-refractivity contribution is 7.91. The number of sulfonamides is 1. The third-order valence-corrected chi connectivity index (χ3v) is 5.77. The predicted molar refractivity (Wildman–Crippen MR) is 81.8 cm³/mol. The van der Waals surface area contributed by atoms with E-state index < -0.39 is 10.0 Å². The van der Waals surface area contributed by atoms with Crippen LogP contribution in [0.15, 0.2) is 34.8 Å². The van der Waals surface area contributed by atoms with Gasteiger partial charge in [0, 0.05) is 23.6 Å². The predicted octanol–water partition coefficient (Wildman–Crippen LogP) is 1.85. The fourth-order valence-corrected chi connectivity index (χ4v) is 4.14. The van der Waals surface area contributed by atoms with Gasteiger partial charge in [-0.3, -0.25) is 0 Å². The zero-order valence-corrected chi connectivity index (χ0v) is 13.0. The number of nitrogens with zero attached hydrogens (tertiary/aromatic N) is 2. The lowest BCUT2D eigenvalue weighted by atomic mass is 10.1. The Morgan fingerprint density at radius 1 is 1.29 bits per heavy atom. The maximum atomic E-state index is 12.0. The van der Waals surface area contributed by atoms with Crippen LogP contribution in [-0.4, -0.2) is 30.1 Å². The Hall–Kier alpha value is -1.77.